The van der Waals surface area contributed by atoms with Gasteiger partial charge in [-0.1, -0.05) is 55.4 Å². The second kappa shape index (κ2) is 25.3. The van der Waals surface area contributed by atoms with Crippen LogP contribution >= 0.6 is 0 Å². The monoisotopic (exact) mass is 755 g/mol. The van der Waals surface area contributed by atoms with E-state index in [9.17, 15) is 33.6 Å². The lowest BCUT2D eigenvalue weighted by Crippen LogP contribution is -2.46. The van der Waals surface area contributed by atoms with Crippen LogP contribution in [-0.2, 0) is 38.3 Å². The molecule has 0 aliphatic heterocycles. The first-order valence-corrected chi connectivity index (χ1v) is 19.1. The topological polar surface area (TPSA) is 235 Å². The van der Waals surface area contributed by atoms with Crippen LogP contribution in [0.15, 0.2) is 0 Å². The molecule has 0 unspecified atom stereocenters. The summed E-state index contributed by atoms with van der Waals surface area (Å²) in [5.41, 5.74) is 5.74. The molecule has 7 atom stereocenters. The number of aliphatic carboxylic acids is 1. The highest BCUT2D eigenvalue weighted by molar-refractivity contribution is 5.83. The number of esters is 1. The van der Waals surface area contributed by atoms with Gasteiger partial charge in [-0.15, -0.1) is 0 Å². The third-order valence-corrected chi connectivity index (χ3v) is 8.40. The fourth-order valence-electron chi connectivity index (χ4n) is 5.88. The smallest absolute Gasteiger partial charge is 0.308 e. The molecule has 0 aromatic heterocycles. The molecule has 5 amide bonds. The Morgan fingerprint density at radius 2 is 0.906 bits per heavy atom. The summed E-state index contributed by atoms with van der Waals surface area (Å²) in [5.74, 6) is -3.03. The first-order valence-electron chi connectivity index (χ1n) is 19.1. The molecular weight excluding hydrogens is 684 g/mol. The zero-order valence-electron chi connectivity index (χ0n) is 34.0. The number of nitrogens with two attached hydrogens (primary N) is 1. The molecule has 0 radical (unpaired) electrons. The van der Waals surface area contributed by atoms with Gasteiger partial charge in [0.1, 0.15) is 6.10 Å². The Labute approximate surface area is 316 Å². The number of carbonyl (C=O) groups excluding carboxylic acids is 6. The van der Waals surface area contributed by atoms with Gasteiger partial charge in [-0.25, -0.2) is 0 Å². The van der Waals surface area contributed by atoms with Crippen LogP contribution in [-0.4, -0.2) is 88.9 Å². The lowest BCUT2D eigenvalue weighted by Gasteiger charge is -2.26. The summed E-state index contributed by atoms with van der Waals surface area (Å²) in [5, 5.41) is 23.2. The largest absolute Gasteiger partial charge is 0.481 e. The van der Waals surface area contributed by atoms with Gasteiger partial charge in [-0.05, 0) is 57.3 Å². The fraction of sp³-hybridized carbons (Fsp3) is 0.816. The van der Waals surface area contributed by atoms with E-state index < -0.39 is 48.1 Å². The zero-order chi connectivity index (χ0) is 41.0. The summed E-state index contributed by atoms with van der Waals surface area (Å²) in [6.07, 6.45) is 0.0308. The Morgan fingerprint density at radius 1 is 0.509 bits per heavy atom. The molecule has 0 aliphatic carbocycles. The SMILES string of the molecule is CC(C)C[C@@H](CC(=O)N[C@H](CC(=O)N[C@@H](C)CC(=O)O)C(C)C)NC(=O)C[C@H](C)OC(=O)C[C@@H](NC(=O)C[C@H](CC(C)C)NC(=O)C[C@H](C)N)C(C)C. The summed E-state index contributed by atoms with van der Waals surface area (Å²) in [6, 6.07) is -2.78. The highest BCUT2D eigenvalue weighted by Gasteiger charge is 2.27. The van der Waals surface area contributed by atoms with Crippen molar-refractivity contribution in [3.05, 3.63) is 0 Å². The zero-order valence-corrected chi connectivity index (χ0v) is 34.0. The van der Waals surface area contributed by atoms with Crippen LogP contribution in [0, 0.1) is 23.7 Å². The van der Waals surface area contributed by atoms with Crippen molar-refractivity contribution in [3.63, 3.8) is 0 Å². The van der Waals surface area contributed by atoms with Gasteiger partial charge in [0.25, 0.3) is 0 Å². The van der Waals surface area contributed by atoms with Crippen molar-refractivity contribution in [2.75, 3.05) is 0 Å². The molecule has 0 heterocycles. The fourth-order valence-corrected chi connectivity index (χ4v) is 5.88. The number of carbonyl (C=O) groups is 7. The van der Waals surface area contributed by atoms with E-state index in [4.69, 9.17) is 15.6 Å². The number of rotatable bonds is 26. The van der Waals surface area contributed by atoms with E-state index in [0.29, 0.717) is 12.8 Å². The molecule has 0 saturated heterocycles. The molecule has 53 heavy (non-hydrogen) atoms. The number of hydrogen-bond donors (Lipinski definition) is 7. The molecule has 0 aromatic rings. The van der Waals surface area contributed by atoms with Crippen molar-refractivity contribution >= 4 is 41.5 Å². The van der Waals surface area contributed by atoms with Gasteiger partial charge in [0.15, 0.2) is 0 Å². The second-order valence-electron chi connectivity index (χ2n) is 16.2. The Morgan fingerprint density at radius 3 is 1.30 bits per heavy atom. The minimum atomic E-state index is -1.03. The quantitative estimate of drug-likeness (QED) is 0.0638. The van der Waals surface area contributed by atoms with Crippen molar-refractivity contribution in [2.24, 2.45) is 29.4 Å². The van der Waals surface area contributed by atoms with E-state index >= 15 is 0 Å². The van der Waals surface area contributed by atoms with E-state index in [1.807, 2.05) is 55.4 Å². The van der Waals surface area contributed by atoms with Crippen LogP contribution in [0.25, 0.3) is 0 Å². The molecule has 8 N–H and O–H groups in total. The van der Waals surface area contributed by atoms with Gasteiger partial charge in [0.05, 0.1) is 19.3 Å². The highest BCUT2D eigenvalue weighted by Crippen LogP contribution is 2.15. The number of hydrogen-bond acceptors (Lipinski definition) is 9. The number of carboxylic acids is 1. The van der Waals surface area contributed by atoms with Crippen LogP contribution in [0.5, 0.6) is 0 Å². The van der Waals surface area contributed by atoms with Gasteiger partial charge < -0.3 is 42.2 Å². The minimum absolute atomic E-state index is 0.0235. The second-order valence-corrected chi connectivity index (χ2v) is 16.2. The van der Waals surface area contributed by atoms with Crippen LogP contribution < -0.4 is 32.3 Å². The predicted molar refractivity (Wildman–Crippen MR) is 203 cm³/mol. The first-order chi connectivity index (χ1) is 24.5. The van der Waals surface area contributed by atoms with Crippen molar-refractivity contribution in [3.8, 4) is 0 Å². The maximum absolute atomic E-state index is 13.1. The maximum atomic E-state index is 13.1. The Bertz CT molecular complexity index is 1190. The van der Waals surface area contributed by atoms with Crippen LogP contribution in [0.1, 0.15) is 134 Å². The normalized spacial score (nSPS) is 15.5. The average molecular weight is 755 g/mol. The van der Waals surface area contributed by atoms with Crippen molar-refractivity contribution in [2.45, 2.75) is 176 Å². The van der Waals surface area contributed by atoms with Gasteiger partial charge >= 0.3 is 11.9 Å². The van der Waals surface area contributed by atoms with Gasteiger partial charge in [-0.2, -0.15) is 0 Å². The van der Waals surface area contributed by atoms with E-state index in [2.05, 4.69) is 26.6 Å². The molecule has 0 aliphatic rings. The lowest BCUT2D eigenvalue weighted by atomic mass is 9.97. The summed E-state index contributed by atoms with van der Waals surface area (Å²) in [4.78, 5) is 87.8. The summed E-state index contributed by atoms with van der Waals surface area (Å²) in [7, 11) is 0. The van der Waals surface area contributed by atoms with Gasteiger partial charge in [0, 0.05) is 61.9 Å². The molecule has 0 spiro atoms. The third kappa shape index (κ3) is 25.0. The van der Waals surface area contributed by atoms with E-state index in [1.54, 1.807) is 20.8 Å². The van der Waals surface area contributed by atoms with Crippen molar-refractivity contribution < 1.29 is 43.4 Å². The summed E-state index contributed by atoms with van der Waals surface area (Å²) in [6.45, 7) is 20.3. The molecule has 0 bridgehead atoms. The molecule has 0 saturated carbocycles. The molecule has 0 rings (SSSR count). The number of carboxylic acid groups (broad SMARTS) is 1. The van der Waals surface area contributed by atoms with Crippen molar-refractivity contribution in [1.82, 2.24) is 26.6 Å². The molecule has 0 aromatic carbocycles. The first kappa shape index (κ1) is 49.2. The number of amides is 5. The van der Waals surface area contributed by atoms with Crippen LogP contribution in [0.4, 0.5) is 0 Å². The average Bonchev–Trinajstić information content (AvgIpc) is 2.94. The Hall–Kier alpha value is -3.75. The minimum Gasteiger partial charge on any atom is -0.481 e. The maximum Gasteiger partial charge on any atom is 0.308 e. The van der Waals surface area contributed by atoms with Crippen LogP contribution in [0.3, 0.4) is 0 Å². The van der Waals surface area contributed by atoms with Crippen LogP contribution in [0.2, 0.25) is 0 Å². The molecular formula is C38H70N6O9. The number of ether oxygens (including phenoxy) is 1. The van der Waals surface area contributed by atoms with E-state index in [1.165, 1.54) is 0 Å². The summed E-state index contributed by atoms with van der Waals surface area (Å²) < 4.78 is 5.55. The Balaban J connectivity index is 5.22. The van der Waals surface area contributed by atoms with Crippen molar-refractivity contribution in [1.29, 1.82) is 0 Å². The standard InChI is InChI=1S/C38H70N6O9/c1-21(2)12-28(41-32(45)14-25(9)39)17-35(48)44-31(24(7)8)20-38(52)53-27(11)16-33(46)42-29(13-22(3)4)18-34(47)43-30(23(5)6)19-36(49)40-26(10)15-37(50)51/h21-31H,12-20,39H2,1-11H3,(H,40,49)(H,41,45)(H,42,46)(H,43,47)(H,44,48)(H,50,51)/t25-,26-,27-,28-,29-,30+,31+/m0/s1. The van der Waals surface area contributed by atoms with Gasteiger partial charge in [-0.3, -0.25) is 33.6 Å². The molecule has 306 valence electrons. The van der Waals surface area contributed by atoms with E-state index in [-0.39, 0.29) is 104 Å². The number of nitrogens with one attached hydrogen (secondary N) is 5. The van der Waals surface area contributed by atoms with Gasteiger partial charge in [0.2, 0.25) is 29.5 Å². The lowest BCUT2D eigenvalue weighted by molar-refractivity contribution is -0.150. The Kier molecular flexibility index (Phi) is 23.5. The highest BCUT2D eigenvalue weighted by atomic mass is 16.5. The summed E-state index contributed by atoms with van der Waals surface area (Å²) >= 11 is 0. The molecule has 15 nitrogen and oxygen atoms in total. The third-order valence-electron chi connectivity index (χ3n) is 8.40. The molecule has 15 heteroatoms. The predicted octanol–water partition coefficient (Wildman–Crippen LogP) is 2.93. The molecule has 0 fully saturated rings. The van der Waals surface area contributed by atoms with E-state index in [0.717, 1.165) is 0 Å².